The summed E-state index contributed by atoms with van der Waals surface area (Å²) in [6.07, 6.45) is 2.24. The van der Waals surface area contributed by atoms with E-state index in [2.05, 4.69) is 17.2 Å². The van der Waals surface area contributed by atoms with Gasteiger partial charge in [0.25, 0.3) is 0 Å². The van der Waals surface area contributed by atoms with Gasteiger partial charge in [-0.1, -0.05) is 21.4 Å². The van der Waals surface area contributed by atoms with Gasteiger partial charge in [0, 0.05) is 25.1 Å². The van der Waals surface area contributed by atoms with Crippen LogP contribution in [0.3, 0.4) is 0 Å². The van der Waals surface area contributed by atoms with Crippen molar-refractivity contribution in [3.05, 3.63) is 42.7 Å². The number of carbonyl (C=O) groups is 6. The second kappa shape index (κ2) is 24.8. The van der Waals surface area contributed by atoms with Crippen LogP contribution in [0.4, 0.5) is 0 Å². The molecule has 0 aliphatic carbocycles. The lowest BCUT2D eigenvalue weighted by molar-refractivity contribution is -0.148. The molecule has 0 unspecified atom stereocenters. The summed E-state index contributed by atoms with van der Waals surface area (Å²) in [4.78, 5) is 70.8. The van der Waals surface area contributed by atoms with Crippen LogP contribution in [0.5, 0.6) is 5.75 Å². The molecule has 14 heteroatoms. The summed E-state index contributed by atoms with van der Waals surface area (Å²) >= 11 is 0. The number of nitrogens with one attached hydrogen (secondary N) is 2. The molecule has 0 spiro atoms. The third-order valence-electron chi connectivity index (χ3n) is 5.54. The molecular weight excluding hydrogens is 604 g/mol. The van der Waals surface area contributed by atoms with Gasteiger partial charge in [0.2, 0.25) is 11.8 Å². The summed E-state index contributed by atoms with van der Waals surface area (Å²) in [6, 6.07) is 6.12. The zero-order valence-corrected chi connectivity index (χ0v) is 25.2. The van der Waals surface area contributed by atoms with Crippen LogP contribution in [0.2, 0.25) is 0 Å². The van der Waals surface area contributed by atoms with Crippen LogP contribution < -0.4 is 15.4 Å². The van der Waals surface area contributed by atoms with E-state index in [1.165, 1.54) is 32.2 Å². The van der Waals surface area contributed by atoms with Gasteiger partial charge in [-0.15, -0.1) is 0 Å². The predicted octanol–water partition coefficient (Wildman–Crippen LogP) is 2.65. The molecule has 0 fully saturated rings. The molecule has 1 aromatic carbocycles. The SMILES string of the molecule is C.C.C=COCCOC(=O)CCCCCOC(=O)CC(=O)NCCNC(=O)CC(=O)OCCOc1ccc(C(=O)C(C)(C)O)cc1. The molecule has 260 valence electrons. The number of amides is 2. The lowest BCUT2D eigenvalue weighted by Crippen LogP contribution is -2.36. The van der Waals surface area contributed by atoms with Crippen molar-refractivity contribution in [2.45, 2.75) is 72.8 Å². The predicted molar refractivity (Wildman–Crippen MR) is 169 cm³/mol. The third kappa shape index (κ3) is 21.3. The number of ether oxygens (including phenoxy) is 5. The number of unbranched alkanes of at least 4 members (excludes halogenated alkanes) is 2. The monoisotopic (exact) mass is 654 g/mol. The number of hydrogen-bond donors (Lipinski definition) is 3. The van der Waals surface area contributed by atoms with Gasteiger partial charge in [0.05, 0.1) is 12.9 Å². The minimum atomic E-state index is -1.49. The summed E-state index contributed by atoms with van der Waals surface area (Å²) < 4.78 is 25.2. The fourth-order valence-corrected chi connectivity index (χ4v) is 3.36. The zero-order valence-electron chi connectivity index (χ0n) is 25.2. The quantitative estimate of drug-likeness (QED) is 0.0391. The van der Waals surface area contributed by atoms with Crippen LogP contribution in [-0.4, -0.2) is 92.3 Å². The van der Waals surface area contributed by atoms with Crippen LogP contribution in [0.1, 0.15) is 77.6 Å². The number of Topliss-reactive ketones (excluding diaryl/α,β-unsaturated/α-hetero) is 1. The van der Waals surface area contributed by atoms with E-state index in [1.807, 2.05) is 0 Å². The van der Waals surface area contributed by atoms with E-state index in [0.717, 1.165) is 0 Å². The van der Waals surface area contributed by atoms with E-state index in [1.54, 1.807) is 12.1 Å². The van der Waals surface area contributed by atoms with Crippen LogP contribution in [-0.2, 0) is 42.9 Å². The summed E-state index contributed by atoms with van der Waals surface area (Å²) in [5.74, 6) is -2.98. The largest absolute Gasteiger partial charge is 0.498 e. The third-order valence-corrected chi connectivity index (χ3v) is 5.54. The molecule has 46 heavy (non-hydrogen) atoms. The Balaban J connectivity index is 0. The van der Waals surface area contributed by atoms with Crippen molar-refractivity contribution in [1.82, 2.24) is 10.6 Å². The van der Waals surface area contributed by atoms with Crippen molar-refractivity contribution in [3.8, 4) is 5.75 Å². The fraction of sp³-hybridized carbons (Fsp3) is 0.562. The average Bonchev–Trinajstić information content (AvgIpc) is 2.97. The molecule has 0 saturated heterocycles. The number of carbonyl (C=O) groups excluding carboxylic acids is 6. The molecule has 0 aliphatic heterocycles. The molecule has 2 amide bonds. The number of ketones is 1. The molecule has 0 saturated carbocycles. The first-order chi connectivity index (χ1) is 20.9. The van der Waals surface area contributed by atoms with Gasteiger partial charge in [-0.25, -0.2) is 0 Å². The Bertz CT molecular complexity index is 1100. The molecule has 0 aliphatic rings. The van der Waals surface area contributed by atoms with E-state index in [4.69, 9.17) is 23.7 Å². The van der Waals surface area contributed by atoms with E-state index < -0.39 is 48.0 Å². The first-order valence-corrected chi connectivity index (χ1v) is 14.1. The van der Waals surface area contributed by atoms with Gasteiger partial charge in [0.1, 0.15) is 50.6 Å². The Labute approximate surface area is 271 Å². The van der Waals surface area contributed by atoms with Gasteiger partial charge in [-0.05, 0) is 57.4 Å². The van der Waals surface area contributed by atoms with Crippen molar-refractivity contribution in [3.63, 3.8) is 0 Å². The molecule has 0 atom stereocenters. The van der Waals surface area contributed by atoms with Gasteiger partial charge < -0.3 is 39.4 Å². The van der Waals surface area contributed by atoms with Gasteiger partial charge in [0.15, 0.2) is 5.78 Å². The second-order valence-corrected chi connectivity index (χ2v) is 9.82. The smallest absolute Gasteiger partial charge is 0.315 e. The van der Waals surface area contributed by atoms with Crippen LogP contribution >= 0.6 is 0 Å². The van der Waals surface area contributed by atoms with Crippen LogP contribution in [0.15, 0.2) is 37.1 Å². The normalized spacial score (nSPS) is 10.2. The Kier molecular flexibility index (Phi) is 23.6. The van der Waals surface area contributed by atoms with Crippen molar-refractivity contribution in [2.75, 3.05) is 46.1 Å². The first kappa shape index (κ1) is 43.7. The van der Waals surface area contributed by atoms with Crippen molar-refractivity contribution in [2.24, 2.45) is 0 Å². The van der Waals surface area contributed by atoms with Crippen molar-refractivity contribution in [1.29, 1.82) is 0 Å². The molecule has 0 bridgehead atoms. The highest BCUT2D eigenvalue weighted by molar-refractivity contribution is 6.01. The van der Waals surface area contributed by atoms with Crippen molar-refractivity contribution >= 4 is 35.5 Å². The fourth-order valence-electron chi connectivity index (χ4n) is 3.36. The maximum atomic E-state index is 12.0. The second-order valence-electron chi connectivity index (χ2n) is 9.82. The zero-order chi connectivity index (χ0) is 32.8. The standard InChI is InChI=1S/C30H42N2O12.2CH4/c1-4-40-16-17-43-26(35)8-6-5-7-15-42-27(36)20-24(33)31-13-14-32-25(34)21-28(37)44-19-18-41-23-11-9-22(10-12-23)29(38)30(2,3)39;;/h4,9-12,39H,1,5-8,13-21H2,2-3H3,(H,31,33)(H,32,34);2*1H4. The summed E-state index contributed by atoms with van der Waals surface area (Å²) in [5, 5.41) is 14.7. The Morgan fingerprint density at radius 1 is 0.739 bits per heavy atom. The van der Waals surface area contributed by atoms with Crippen LogP contribution in [0, 0.1) is 0 Å². The maximum absolute atomic E-state index is 12.0. The minimum absolute atomic E-state index is 0. The number of benzene rings is 1. The highest BCUT2D eigenvalue weighted by Gasteiger charge is 2.25. The van der Waals surface area contributed by atoms with E-state index in [-0.39, 0.29) is 73.4 Å². The highest BCUT2D eigenvalue weighted by atomic mass is 16.6. The molecule has 1 rings (SSSR count). The summed E-state index contributed by atoms with van der Waals surface area (Å²) in [6.45, 7) is 6.68. The van der Waals surface area contributed by atoms with Gasteiger partial charge in [-0.3, -0.25) is 28.8 Å². The number of rotatable bonds is 23. The molecule has 14 nitrogen and oxygen atoms in total. The maximum Gasteiger partial charge on any atom is 0.315 e. The Morgan fingerprint density at radius 2 is 1.26 bits per heavy atom. The highest BCUT2D eigenvalue weighted by Crippen LogP contribution is 2.17. The molecule has 0 heterocycles. The Hall–Kier alpha value is -4.46. The van der Waals surface area contributed by atoms with Crippen LogP contribution in [0.25, 0.3) is 0 Å². The van der Waals surface area contributed by atoms with Crippen molar-refractivity contribution < 1.29 is 57.6 Å². The molecular formula is C32H50N2O12. The number of aliphatic hydroxyl groups is 1. The topological polar surface area (TPSA) is 193 Å². The minimum Gasteiger partial charge on any atom is -0.498 e. The molecule has 0 aromatic heterocycles. The lowest BCUT2D eigenvalue weighted by atomic mass is 9.97. The first-order valence-electron chi connectivity index (χ1n) is 14.1. The summed E-state index contributed by atoms with van der Waals surface area (Å²) in [7, 11) is 0. The molecule has 0 radical (unpaired) electrons. The Morgan fingerprint density at radius 3 is 1.80 bits per heavy atom. The average molecular weight is 655 g/mol. The number of hydrogen-bond acceptors (Lipinski definition) is 12. The number of esters is 3. The van der Waals surface area contributed by atoms with E-state index in [9.17, 15) is 33.9 Å². The van der Waals surface area contributed by atoms with E-state index >= 15 is 0 Å². The molecule has 3 N–H and O–H groups in total. The van der Waals surface area contributed by atoms with Gasteiger partial charge in [-0.2, -0.15) is 0 Å². The molecule has 1 aromatic rings. The van der Waals surface area contributed by atoms with E-state index in [0.29, 0.717) is 30.6 Å². The lowest BCUT2D eigenvalue weighted by Gasteiger charge is -2.15. The van der Waals surface area contributed by atoms with Gasteiger partial charge >= 0.3 is 17.9 Å². The summed E-state index contributed by atoms with van der Waals surface area (Å²) in [5.41, 5.74) is -1.16.